The van der Waals surface area contributed by atoms with E-state index in [9.17, 15) is 0 Å². The maximum absolute atomic E-state index is 4.68. The van der Waals surface area contributed by atoms with E-state index in [1.165, 1.54) is 65.3 Å². The van der Waals surface area contributed by atoms with Gasteiger partial charge in [0.2, 0.25) is 0 Å². The molecule has 0 bridgehead atoms. The zero-order valence-electron chi connectivity index (χ0n) is 37.4. The van der Waals surface area contributed by atoms with E-state index in [1.807, 2.05) is 55.5 Å². The van der Waals surface area contributed by atoms with Crippen LogP contribution in [0.4, 0.5) is 0 Å². The van der Waals surface area contributed by atoms with Gasteiger partial charge in [-0.05, 0) is 168 Å². The molecule has 0 saturated carbocycles. The Hall–Kier alpha value is -8.51. The molecule has 0 unspecified atom stereocenters. The number of hydrogen-bond acceptors (Lipinski definition) is 2. The summed E-state index contributed by atoms with van der Waals surface area (Å²) < 4.78 is 0. The van der Waals surface area contributed by atoms with Crippen LogP contribution in [0.15, 0.2) is 270 Å². The van der Waals surface area contributed by atoms with Crippen LogP contribution in [0.2, 0.25) is 0 Å². The second kappa shape index (κ2) is 17.9. The fourth-order valence-electron chi connectivity index (χ4n) is 9.47. The zero-order valence-corrected chi connectivity index (χ0v) is 37.4. The summed E-state index contributed by atoms with van der Waals surface area (Å²) >= 11 is 0. The standard InChI is InChI=1S/C64H48N2/c1-6-18-61(65-5)62(7-2)66(44(4)48-26-17-25-45-19-9-8-10-22-49(45)38-48)42-56-34-31-52(37-43(56)3)53-35-36-59-60(41-53)64(55-33-30-47-21-12-14-24-51(47)40-55)58-28-16-15-27-57(58)63(59)54-32-29-46-20-11-13-23-50(46)39-54/h6-16,18,20-41H,2,4-5,42H2,1,3H3/b18-6-,62-61-. The van der Waals surface area contributed by atoms with Crippen molar-refractivity contribution in [3.8, 4) is 33.4 Å². The summed E-state index contributed by atoms with van der Waals surface area (Å²) in [5.74, 6) is 0. The van der Waals surface area contributed by atoms with Crippen molar-refractivity contribution in [2.75, 3.05) is 0 Å². The highest BCUT2D eigenvalue weighted by Gasteiger charge is 2.21. The molecule has 0 amide bonds. The smallest absolute Gasteiger partial charge is 0.0855 e. The van der Waals surface area contributed by atoms with Gasteiger partial charge in [0, 0.05) is 23.4 Å². The molecule has 0 aromatic heterocycles. The fraction of sp³-hybridized carbons (Fsp3) is 0.0469. The van der Waals surface area contributed by atoms with E-state index in [1.54, 1.807) is 0 Å². The van der Waals surface area contributed by atoms with Crippen LogP contribution in [-0.4, -0.2) is 11.6 Å². The Bertz CT molecular complexity index is 3650. The quantitative estimate of drug-likeness (QED) is 0.0548. The van der Waals surface area contributed by atoms with Crippen molar-refractivity contribution in [2.45, 2.75) is 20.4 Å². The van der Waals surface area contributed by atoms with Gasteiger partial charge in [0.05, 0.1) is 11.4 Å². The van der Waals surface area contributed by atoms with Gasteiger partial charge in [-0.25, -0.2) is 0 Å². The van der Waals surface area contributed by atoms with Gasteiger partial charge in [0.25, 0.3) is 0 Å². The molecule has 0 atom stereocenters. The first-order valence-corrected chi connectivity index (χ1v) is 22.4. The summed E-state index contributed by atoms with van der Waals surface area (Å²) in [6.07, 6.45) is 19.9. The monoisotopic (exact) mass is 844 g/mol. The lowest BCUT2D eigenvalue weighted by Gasteiger charge is -2.30. The molecular weight excluding hydrogens is 797 g/mol. The first kappa shape index (κ1) is 41.5. The number of rotatable bonds is 11. The van der Waals surface area contributed by atoms with Crippen molar-refractivity contribution in [2.24, 2.45) is 4.99 Å². The summed E-state index contributed by atoms with van der Waals surface area (Å²) in [5, 5.41) is 9.83. The van der Waals surface area contributed by atoms with Crippen LogP contribution < -0.4 is 0 Å². The molecule has 314 valence electrons. The predicted molar refractivity (Wildman–Crippen MR) is 283 cm³/mol. The molecule has 8 aromatic carbocycles. The molecule has 0 heterocycles. The number of aliphatic imine (C=N–C) groups is 1. The molecule has 0 fully saturated rings. The minimum atomic E-state index is 0.532. The van der Waals surface area contributed by atoms with Gasteiger partial charge in [-0.15, -0.1) is 11.5 Å². The number of nitrogens with zero attached hydrogens (tertiary/aromatic N) is 2. The normalized spacial score (nSPS) is 13.6. The van der Waals surface area contributed by atoms with Gasteiger partial charge in [-0.3, -0.25) is 4.99 Å². The Labute approximate surface area is 387 Å². The third kappa shape index (κ3) is 7.78. The van der Waals surface area contributed by atoms with Crippen molar-refractivity contribution in [1.29, 1.82) is 0 Å². The van der Waals surface area contributed by atoms with Crippen molar-refractivity contribution in [3.05, 3.63) is 276 Å². The molecule has 0 spiro atoms. The summed E-state index contributed by atoms with van der Waals surface area (Å²) in [6.45, 7) is 17.6. The van der Waals surface area contributed by atoms with E-state index in [4.69, 9.17) is 0 Å². The molecule has 66 heavy (non-hydrogen) atoms. The zero-order chi connectivity index (χ0) is 45.1. The number of allylic oxidation sites excluding steroid dienone is 10. The lowest BCUT2D eigenvalue weighted by Crippen LogP contribution is -2.23. The van der Waals surface area contributed by atoms with Crippen molar-refractivity contribution >= 4 is 49.8 Å². The fourth-order valence-corrected chi connectivity index (χ4v) is 9.47. The summed E-state index contributed by atoms with van der Waals surface area (Å²) in [7, 11) is 0. The van der Waals surface area contributed by atoms with E-state index in [2.05, 4.69) is 206 Å². The van der Waals surface area contributed by atoms with Gasteiger partial charge in [-0.1, -0.05) is 165 Å². The summed E-state index contributed by atoms with van der Waals surface area (Å²) in [5.41, 5.74) is 21.5. The second-order valence-corrected chi connectivity index (χ2v) is 16.8. The summed E-state index contributed by atoms with van der Waals surface area (Å²) in [4.78, 5) is 6.62. The molecule has 0 saturated heterocycles. The van der Waals surface area contributed by atoms with Gasteiger partial charge in [0.1, 0.15) is 0 Å². The van der Waals surface area contributed by atoms with Crippen LogP contribution in [0.5, 0.6) is 0 Å². The van der Waals surface area contributed by atoms with E-state index >= 15 is 0 Å². The molecular formula is C64H48N2. The Kier molecular flexibility index (Phi) is 11.3. The van der Waals surface area contributed by atoms with E-state index in [0.717, 1.165) is 50.4 Å². The van der Waals surface area contributed by atoms with Gasteiger partial charge < -0.3 is 4.90 Å². The third-order valence-corrected chi connectivity index (χ3v) is 12.8. The number of hydrogen-bond donors (Lipinski definition) is 0. The molecule has 2 nitrogen and oxygen atoms in total. The van der Waals surface area contributed by atoms with Crippen LogP contribution in [-0.2, 0) is 6.54 Å². The van der Waals surface area contributed by atoms with Gasteiger partial charge in [-0.2, -0.15) is 0 Å². The van der Waals surface area contributed by atoms with Crippen LogP contribution >= 0.6 is 0 Å². The molecule has 8 aromatic rings. The largest absolute Gasteiger partial charge is 0.335 e. The number of benzene rings is 8. The molecule has 0 radical (unpaired) electrons. The third-order valence-electron chi connectivity index (χ3n) is 12.8. The topological polar surface area (TPSA) is 15.6 Å². The Morgan fingerprint density at radius 3 is 1.91 bits per heavy atom. The van der Waals surface area contributed by atoms with Crippen LogP contribution in [0, 0.1) is 6.92 Å². The highest BCUT2D eigenvalue weighted by Crippen LogP contribution is 2.46. The second-order valence-electron chi connectivity index (χ2n) is 16.8. The van der Waals surface area contributed by atoms with E-state index in [-0.39, 0.29) is 0 Å². The number of aryl methyl sites for hydroxylation is 1. The maximum Gasteiger partial charge on any atom is 0.0855 e. The highest BCUT2D eigenvalue weighted by atomic mass is 15.2. The lowest BCUT2D eigenvalue weighted by molar-refractivity contribution is 0.439. The average molecular weight is 845 g/mol. The minimum absolute atomic E-state index is 0.532. The van der Waals surface area contributed by atoms with E-state index in [0.29, 0.717) is 12.2 Å². The number of fused-ring (bicyclic) bond motifs is 5. The van der Waals surface area contributed by atoms with Crippen molar-refractivity contribution in [3.63, 3.8) is 0 Å². The van der Waals surface area contributed by atoms with Crippen LogP contribution in [0.3, 0.4) is 0 Å². The van der Waals surface area contributed by atoms with Gasteiger partial charge in [0.15, 0.2) is 0 Å². The Balaban J connectivity index is 1.11. The average Bonchev–Trinajstić information content (AvgIpc) is 3.71. The Morgan fingerprint density at radius 2 is 1.26 bits per heavy atom. The predicted octanol–water partition coefficient (Wildman–Crippen LogP) is 16.8. The van der Waals surface area contributed by atoms with Crippen molar-refractivity contribution < 1.29 is 0 Å². The van der Waals surface area contributed by atoms with Crippen LogP contribution in [0.25, 0.3) is 76.5 Å². The van der Waals surface area contributed by atoms with Crippen molar-refractivity contribution in [1.82, 2.24) is 4.90 Å². The molecule has 2 heteroatoms. The maximum atomic E-state index is 4.68. The molecule has 0 aliphatic heterocycles. The van der Waals surface area contributed by atoms with Gasteiger partial charge >= 0.3 is 0 Å². The molecule has 2 aliphatic carbocycles. The SMILES string of the molecule is C=C/C(=C(\C=C/C)N=C)N(Cc1ccc(-c2ccc3c(-c4ccc5ccccc5c4)c4ccccc4c(-c4ccc5ccccc5c4)c3c2)cc1C)C(=C)C1=CC2=CC=CC=C=C2C=C=C1. The minimum Gasteiger partial charge on any atom is -0.335 e. The molecule has 0 N–H and O–H groups in total. The van der Waals surface area contributed by atoms with Crippen LogP contribution in [0.1, 0.15) is 18.1 Å². The summed E-state index contributed by atoms with van der Waals surface area (Å²) in [6, 6.07) is 53.8. The molecule has 10 rings (SSSR count). The highest BCUT2D eigenvalue weighted by molar-refractivity contribution is 6.22. The first-order valence-electron chi connectivity index (χ1n) is 22.4. The van der Waals surface area contributed by atoms with E-state index < -0.39 is 0 Å². The Morgan fingerprint density at radius 1 is 0.652 bits per heavy atom. The lowest BCUT2D eigenvalue weighted by atomic mass is 9.84. The first-order chi connectivity index (χ1) is 32.4. The molecule has 2 aliphatic rings.